The first-order valence-electron chi connectivity index (χ1n) is 7.40. The fraction of sp³-hybridized carbons (Fsp3) is 0.562. The van der Waals surface area contributed by atoms with Gasteiger partial charge in [-0.3, -0.25) is 4.79 Å². The maximum absolute atomic E-state index is 13.5. The fourth-order valence-corrected chi connectivity index (χ4v) is 2.54. The SMILES string of the molecule is CCCNC1CCN(C(=O)c2ccc(C)c(F)c2)CC1. The van der Waals surface area contributed by atoms with Crippen LogP contribution in [0.25, 0.3) is 0 Å². The third kappa shape index (κ3) is 3.57. The summed E-state index contributed by atoms with van der Waals surface area (Å²) in [7, 11) is 0. The lowest BCUT2D eigenvalue weighted by Crippen LogP contribution is -2.45. The summed E-state index contributed by atoms with van der Waals surface area (Å²) in [5.41, 5.74) is 1.03. The van der Waals surface area contributed by atoms with E-state index in [2.05, 4.69) is 12.2 Å². The molecule has 0 spiro atoms. The maximum atomic E-state index is 13.5. The average molecular weight is 278 g/mol. The number of piperidine rings is 1. The number of carbonyl (C=O) groups is 1. The van der Waals surface area contributed by atoms with Gasteiger partial charge in [-0.15, -0.1) is 0 Å². The summed E-state index contributed by atoms with van der Waals surface area (Å²) in [6, 6.07) is 5.23. The predicted molar refractivity (Wildman–Crippen MR) is 78.4 cm³/mol. The highest BCUT2D eigenvalue weighted by Gasteiger charge is 2.23. The van der Waals surface area contributed by atoms with Gasteiger partial charge in [0.15, 0.2) is 0 Å². The number of nitrogens with zero attached hydrogens (tertiary/aromatic N) is 1. The molecule has 0 unspecified atom stereocenters. The van der Waals surface area contributed by atoms with E-state index in [1.807, 2.05) is 4.90 Å². The number of halogens is 1. The van der Waals surface area contributed by atoms with Crippen molar-refractivity contribution < 1.29 is 9.18 Å². The molecule has 1 aromatic rings. The molecule has 2 rings (SSSR count). The summed E-state index contributed by atoms with van der Waals surface area (Å²) < 4.78 is 13.5. The normalized spacial score (nSPS) is 16.4. The van der Waals surface area contributed by atoms with Crippen LogP contribution in [0.2, 0.25) is 0 Å². The van der Waals surface area contributed by atoms with Crippen molar-refractivity contribution in [1.29, 1.82) is 0 Å². The third-order valence-corrected chi connectivity index (χ3v) is 3.88. The molecular formula is C16H23FN2O. The number of aryl methyl sites for hydroxylation is 1. The molecule has 1 aliphatic heterocycles. The van der Waals surface area contributed by atoms with Gasteiger partial charge in [0.25, 0.3) is 5.91 Å². The molecule has 1 saturated heterocycles. The van der Waals surface area contributed by atoms with Crippen LogP contribution < -0.4 is 5.32 Å². The number of likely N-dealkylation sites (tertiary alicyclic amines) is 1. The Labute approximate surface area is 120 Å². The average Bonchev–Trinajstić information content (AvgIpc) is 2.48. The highest BCUT2D eigenvalue weighted by molar-refractivity contribution is 5.94. The van der Waals surface area contributed by atoms with Gasteiger partial charge in [0.2, 0.25) is 0 Å². The van der Waals surface area contributed by atoms with E-state index in [1.54, 1.807) is 19.1 Å². The van der Waals surface area contributed by atoms with Crippen molar-refractivity contribution in [3.8, 4) is 0 Å². The standard InChI is InChI=1S/C16H23FN2O/c1-3-8-18-14-6-9-19(10-7-14)16(20)13-5-4-12(2)15(17)11-13/h4-5,11,14,18H,3,6-10H2,1-2H3. The van der Waals surface area contributed by atoms with Crippen LogP contribution in [0.4, 0.5) is 4.39 Å². The van der Waals surface area contributed by atoms with Crippen LogP contribution in [-0.2, 0) is 0 Å². The third-order valence-electron chi connectivity index (χ3n) is 3.88. The fourth-order valence-electron chi connectivity index (χ4n) is 2.54. The van der Waals surface area contributed by atoms with E-state index >= 15 is 0 Å². The minimum Gasteiger partial charge on any atom is -0.339 e. The van der Waals surface area contributed by atoms with Gasteiger partial charge >= 0.3 is 0 Å². The molecular weight excluding hydrogens is 255 g/mol. The number of nitrogens with one attached hydrogen (secondary N) is 1. The molecule has 0 radical (unpaired) electrons. The van der Waals surface area contributed by atoms with Gasteiger partial charge in [-0.25, -0.2) is 4.39 Å². The zero-order valence-electron chi connectivity index (χ0n) is 12.3. The van der Waals surface area contributed by atoms with Gasteiger partial charge in [-0.05, 0) is 50.4 Å². The van der Waals surface area contributed by atoms with Crippen LogP contribution in [0, 0.1) is 12.7 Å². The second-order valence-electron chi connectivity index (χ2n) is 5.48. The second-order valence-corrected chi connectivity index (χ2v) is 5.48. The number of carbonyl (C=O) groups excluding carboxylic acids is 1. The van der Waals surface area contributed by atoms with Crippen molar-refractivity contribution in [1.82, 2.24) is 10.2 Å². The Bertz CT molecular complexity index is 468. The summed E-state index contributed by atoms with van der Waals surface area (Å²) in [4.78, 5) is 14.2. The smallest absolute Gasteiger partial charge is 0.253 e. The van der Waals surface area contributed by atoms with E-state index in [9.17, 15) is 9.18 Å². The van der Waals surface area contributed by atoms with Crippen LogP contribution in [-0.4, -0.2) is 36.5 Å². The Morgan fingerprint density at radius 1 is 1.40 bits per heavy atom. The Morgan fingerprint density at radius 3 is 2.70 bits per heavy atom. The molecule has 1 N–H and O–H groups in total. The van der Waals surface area contributed by atoms with Crippen molar-refractivity contribution in [2.75, 3.05) is 19.6 Å². The first kappa shape index (κ1) is 15.0. The molecule has 3 nitrogen and oxygen atoms in total. The Hall–Kier alpha value is -1.42. The van der Waals surface area contributed by atoms with Crippen molar-refractivity contribution in [3.05, 3.63) is 35.1 Å². The predicted octanol–water partition coefficient (Wildman–Crippen LogP) is 2.74. The largest absolute Gasteiger partial charge is 0.339 e. The van der Waals surface area contributed by atoms with E-state index in [4.69, 9.17) is 0 Å². The van der Waals surface area contributed by atoms with Gasteiger partial charge < -0.3 is 10.2 Å². The molecule has 1 aromatic carbocycles. The lowest BCUT2D eigenvalue weighted by Gasteiger charge is -2.32. The zero-order valence-corrected chi connectivity index (χ0v) is 12.3. The quantitative estimate of drug-likeness (QED) is 0.918. The number of rotatable bonds is 4. The summed E-state index contributed by atoms with van der Waals surface area (Å²) in [5.74, 6) is -0.367. The van der Waals surface area contributed by atoms with Crippen LogP contribution in [0.5, 0.6) is 0 Å². The molecule has 0 aromatic heterocycles. The molecule has 0 atom stereocenters. The van der Waals surface area contributed by atoms with Crippen molar-refractivity contribution in [2.24, 2.45) is 0 Å². The number of hydrogen-bond donors (Lipinski definition) is 1. The van der Waals surface area contributed by atoms with Crippen molar-refractivity contribution in [3.63, 3.8) is 0 Å². The highest BCUT2D eigenvalue weighted by atomic mass is 19.1. The second kappa shape index (κ2) is 6.84. The van der Waals surface area contributed by atoms with E-state index < -0.39 is 0 Å². The highest BCUT2D eigenvalue weighted by Crippen LogP contribution is 2.16. The molecule has 1 fully saturated rings. The molecule has 20 heavy (non-hydrogen) atoms. The first-order chi connectivity index (χ1) is 9.61. The number of hydrogen-bond acceptors (Lipinski definition) is 2. The lowest BCUT2D eigenvalue weighted by atomic mass is 10.0. The van der Waals surface area contributed by atoms with Crippen LogP contribution in [0.1, 0.15) is 42.1 Å². The van der Waals surface area contributed by atoms with Gasteiger partial charge in [-0.1, -0.05) is 13.0 Å². The summed E-state index contributed by atoms with van der Waals surface area (Å²) in [5, 5.41) is 3.49. The maximum Gasteiger partial charge on any atom is 0.253 e. The van der Waals surface area contributed by atoms with Gasteiger partial charge in [0.1, 0.15) is 5.82 Å². The van der Waals surface area contributed by atoms with Gasteiger partial charge in [0, 0.05) is 24.7 Å². The van der Waals surface area contributed by atoms with Crippen LogP contribution in [0.15, 0.2) is 18.2 Å². The van der Waals surface area contributed by atoms with E-state index in [0.29, 0.717) is 17.2 Å². The Balaban J connectivity index is 1.92. The molecule has 0 aliphatic carbocycles. The number of amides is 1. The topological polar surface area (TPSA) is 32.3 Å². The van der Waals surface area contributed by atoms with Crippen molar-refractivity contribution >= 4 is 5.91 Å². The Kier molecular flexibility index (Phi) is 5.12. The summed E-state index contributed by atoms with van der Waals surface area (Å²) >= 11 is 0. The summed E-state index contributed by atoms with van der Waals surface area (Å²) in [6.07, 6.45) is 3.07. The van der Waals surface area contributed by atoms with Crippen molar-refractivity contribution in [2.45, 2.75) is 39.2 Å². The van der Waals surface area contributed by atoms with Gasteiger partial charge in [-0.2, -0.15) is 0 Å². The van der Waals surface area contributed by atoms with E-state index in [0.717, 1.165) is 38.9 Å². The number of benzene rings is 1. The molecule has 1 heterocycles. The minimum absolute atomic E-state index is 0.0576. The van der Waals surface area contributed by atoms with Gasteiger partial charge in [0.05, 0.1) is 0 Å². The molecule has 4 heteroatoms. The monoisotopic (exact) mass is 278 g/mol. The Morgan fingerprint density at radius 2 is 2.10 bits per heavy atom. The van der Waals surface area contributed by atoms with E-state index in [1.165, 1.54) is 6.07 Å². The van der Waals surface area contributed by atoms with E-state index in [-0.39, 0.29) is 11.7 Å². The minimum atomic E-state index is -0.310. The molecule has 1 aliphatic rings. The molecule has 110 valence electrons. The lowest BCUT2D eigenvalue weighted by molar-refractivity contribution is 0.0705. The van der Waals surface area contributed by atoms with Crippen LogP contribution in [0.3, 0.4) is 0 Å². The molecule has 1 amide bonds. The summed E-state index contributed by atoms with van der Waals surface area (Å²) in [6.45, 7) is 6.37. The molecule has 0 bridgehead atoms. The van der Waals surface area contributed by atoms with Crippen LogP contribution >= 0.6 is 0 Å². The molecule has 0 saturated carbocycles. The zero-order chi connectivity index (χ0) is 14.5. The first-order valence-corrected chi connectivity index (χ1v) is 7.40.